The molecule has 102 valence electrons. The average Bonchev–Trinajstić information content (AvgIpc) is 2.75. The smallest absolute Gasteiger partial charge is 0.319 e. The van der Waals surface area contributed by atoms with Crippen LogP contribution in [0.4, 0.5) is 18.9 Å². The third-order valence-corrected chi connectivity index (χ3v) is 2.99. The SMILES string of the molecule is Fc1cc(Cl)c(NCc2nccn2C(F)F)c(Cl)c1. The molecule has 0 aliphatic rings. The van der Waals surface area contributed by atoms with Gasteiger partial charge in [0.05, 0.1) is 22.3 Å². The van der Waals surface area contributed by atoms with Crippen molar-refractivity contribution in [1.29, 1.82) is 0 Å². The molecule has 0 fully saturated rings. The Balaban J connectivity index is 2.17. The second kappa shape index (κ2) is 5.71. The van der Waals surface area contributed by atoms with Crippen LogP contribution in [-0.2, 0) is 6.54 Å². The number of anilines is 1. The van der Waals surface area contributed by atoms with E-state index < -0.39 is 12.4 Å². The molecule has 0 atom stereocenters. The Morgan fingerprint density at radius 1 is 1.26 bits per heavy atom. The maximum Gasteiger partial charge on any atom is 0.319 e. The Hall–Kier alpha value is -1.40. The third-order valence-electron chi connectivity index (χ3n) is 2.39. The molecule has 0 aliphatic carbocycles. The highest BCUT2D eigenvalue weighted by Crippen LogP contribution is 2.31. The highest BCUT2D eigenvalue weighted by atomic mass is 35.5. The first kappa shape index (κ1) is 14.0. The topological polar surface area (TPSA) is 29.9 Å². The van der Waals surface area contributed by atoms with Crippen molar-refractivity contribution in [1.82, 2.24) is 9.55 Å². The van der Waals surface area contributed by atoms with E-state index in [-0.39, 0.29) is 28.1 Å². The van der Waals surface area contributed by atoms with Crippen LogP contribution in [0.15, 0.2) is 24.5 Å². The number of rotatable bonds is 4. The standard InChI is InChI=1S/C11H8Cl2F3N3/c12-7-3-6(14)4-8(13)10(7)18-5-9-17-1-2-19(9)11(15)16/h1-4,11,18H,5H2. The van der Waals surface area contributed by atoms with Crippen LogP contribution in [0, 0.1) is 5.82 Å². The summed E-state index contributed by atoms with van der Waals surface area (Å²) in [6.45, 7) is -2.69. The molecule has 1 heterocycles. The Bertz CT molecular complexity index is 563. The van der Waals surface area contributed by atoms with Crippen molar-refractivity contribution in [3.63, 3.8) is 0 Å². The van der Waals surface area contributed by atoms with Crippen molar-refractivity contribution < 1.29 is 13.2 Å². The van der Waals surface area contributed by atoms with E-state index >= 15 is 0 Å². The van der Waals surface area contributed by atoms with Crippen LogP contribution in [0.2, 0.25) is 10.0 Å². The van der Waals surface area contributed by atoms with Crippen molar-refractivity contribution in [3.8, 4) is 0 Å². The summed E-state index contributed by atoms with van der Waals surface area (Å²) in [6.07, 6.45) is 2.42. The number of nitrogens with one attached hydrogen (secondary N) is 1. The first-order valence-corrected chi connectivity index (χ1v) is 5.93. The number of imidazole rings is 1. The van der Waals surface area contributed by atoms with Gasteiger partial charge in [-0.15, -0.1) is 0 Å². The maximum absolute atomic E-state index is 13.0. The molecule has 19 heavy (non-hydrogen) atoms. The zero-order valence-corrected chi connectivity index (χ0v) is 10.9. The summed E-state index contributed by atoms with van der Waals surface area (Å²) >= 11 is 11.6. The van der Waals surface area contributed by atoms with E-state index in [1.807, 2.05) is 0 Å². The quantitative estimate of drug-likeness (QED) is 0.910. The molecule has 1 aromatic heterocycles. The summed E-state index contributed by atoms with van der Waals surface area (Å²) in [7, 11) is 0. The van der Waals surface area contributed by atoms with Crippen LogP contribution in [0.5, 0.6) is 0 Å². The van der Waals surface area contributed by atoms with E-state index in [0.29, 0.717) is 4.57 Å². The van der Waals surface area contributed by atoms with E-state index in [2.05, 4.69) is 10.3 Å². The van der Waals surface area contributed by atoms with Crippen molar-refractivity contribution in [2.45, 2.75) is 13.1 Å². The van der Waals surface area contributed by atoms with Gasteiger partial charge >= 0.3 is 6.55 Å². The van der Waals surface area contributed by atoms with Crippen LogP contribution in [-0.4, -0.2) is 9.55 Å². The predicted octanol–water partition coefficient (Wildman–Crippen LogP) is 4.34. The molecule has 0 bridgehead atoms. The van der Waals surface area contributed by atoms with Gasteiger partial charge in [-0.25, -0.2) is 9.37 Å². The molecule has 0 spiro atoms. The van der Waals surface area contributed by atoms with Crippen LogP contribution < -0.4 is 5.32 Å². The van der Waals surface area contributed by atoms with Crippen LogP contribution in [0.3, 0.4) is 0 Å². The highest BCUT2D eigenvalue weighted by molar-refractivity contribution is 6.39. The Labute approximate surface area is 117 Å². The molecular formula is C11H8Cl2F3N3. The predicted molar refractivity (Wildman–Crippen MR) is 67.2 cm³/mol. The van der Waals surface area contributed by atoms with Crippen molar-refractivity contribution in [3.05, 3.63) is 46.2 Å². The number of hydrogen-bond acceptors (Lipinski definition) is 2. The minimum atomic E-state index is -2.68. The number of benzene rings is 1. The van der Waals surface area contributed by atoms with Crippen LogP contribution >= 0.6 is 23.2 Å². The Kier molecular flexibility index (Phi) is 4.21. The molecule has 0 unspecified atom stereocenters. The van der Waals surface area contributed by atoms with Gasteiger partial charge in [0.1, 0.15) is 11.6 Å². The maximum atomic E-state index is 13.0. The first-order valence-electron chi connectivity index (χ1n) is 5.17. The molecule has 2 rings (SSSR count). The number of alkyl halides is 2. The second-order valence-corrected chi connectivity index (χ2v) is 4.44. The number of nitrogens with zero attached hydrogens (tertiary/aromatic N) is 2. The number of hydrogen-bond donors (Lipinski definition) is 1. The highest BCUT2D eigenvalue weighted by Gasteiger charge is 2.13. The molecule has 0 saturated carbocycles. The molecule has 1 N–H and O–H groups in total. The minimum Gasteiger partial charge on any atom is -0.375 e. The first-order chi connectivity index (χ1) is 8.99. The lowest BCUT2D eigenvalue weighted by atomic mass is 10.3. The average molecular weight is 310 g/mol. The molecule has 0 radical (unpaired) electrons. The van der Waals surface area contributed by atoms with E-state index in [9.17, 15) is 13.2 Å². The fraction of sp³-hybridized carbons (Fsp3) is 0.182. The van der Waals surface area contributed by atoms with E-state index in [4.69, 9.17) is 23.2 Å². The fourth-order valence-corrected chi connectivity index (χ4v) is 2.13. The zero-order valence-electron chi connectivity index (χ0n) is 9.38. The molecule has 0 amide bonds. The summed E-state index contributed by atoms with van der Waals surface area (Å²) in [6, 6.07) is 2.16. The van der Waals surface area contributed by atoms with E-state index in [1.54, 1.807) is 0 Å². The number of aromatic nitrogens is 2. The van der Waals surface area contributed by atoms with Crippen LogP contribution in [0.1, 0.15) is 12.4 Å². The van der Waals surface area contributed by atoms with Crippen LogP contribution in [0.25, 0.3) is 0 Å². The van der Waals surface area contributed by atoms with Gasteiger partial charge in [-0.2, -0.15) is 8.78 Å². The molecule has 0 saturated heterocycles. The summed E-state index contributed by atoms with van der Waals surface area (Å²) in [5, 5.41) is 2.90. The zero-order chi connectivity index (χ0) is 14.0. The third kappa shape index (κ3) is 3.13. The normalized spacial score (nSPS) is 11.1. The molecular weight excluding hydrogens is 302 g/mol. The van der Waals surface area contributed by atoms with Crippen molar-refractivity contribution >= 4 is 28.9 Å². The largest absolute Gasteiger partial charge is 0.375 e. The second-order valence-electron chi connectivity index (χ2n) is 3.63. The monoisotopic (exact) mass is 309 g/mol. The number of halogens is 5. The lowest BCUT2D eigenvalue weighted by molar-refractivity contribution is 0.0673. The Morgan fingerprint density at radius 3 is 2.47 bits per heavy atom. The minimum absolute atomic E-state index is 0.0115. The van der Waals surface area contributed by atoms with Gasteiger partial charge in [-0.1, -0.05) is 23.2 Å². The molecule has 3 nitrogen and oxygen atoms in total. The van der Waals surface area contributed by atoms with Gasteiger partial charge in [0.25, 0.3) is 0 Å². The van der Waals surface area contributed by atoms with E-state index in [1.165, 1.54) is 6.20 Å². The van der Waals surface area contributed by atoms with Gasteiger partial charge < -0.3 is 5.32 Å². The lowest BCUT2D eigenvalue weighted by Crippen LogP contribution is -2.09. The Morgan fingerprint density at radius 2 is 1.89 bits per heavy atom. The van der Waals surface area contributed by atoms with E-state index in [0.717, 1.165) is 18.3 Å². The summed E-state index contributed by atoms with van der Waals surface area (Å²) < 4.78 is 38.9. The lowest BCUT2D eigenvalue weighted by Gasteiger charge is -2.11. The molecule has 1 aromatic carbocycles. The molecule has 0 aliphatic heterocycles. The van der Waals surface area contributed by atoms with Gasteiger partial charge in [0, 0.05) is 12.4 Å². The van der Waals surface area contributed by atoms with Crippen molar-refractivity contribution in [2.24, 2.45) is 0 Å². The summed E-state index contributed by atoms with van der Waals surface area (Å²) in [4.78, 5) is 3.79. The van der Waals surface area contributed by atoms with Gasteiger partial charge in [0.2, 0.25) is 0 Å². The summed E-state index contributed by atoms with van der Waals surface area (Å²) in [5.41, 5.74) is 0.272. The van der Waals surface area contributed by atoms with Gasteiger partial charge in [0.15, 0.2) is 0 Å². The fourth-order valence-electron chi connectivity index (χ4n) is 1.54. The molecule has 8 heteroatoms. The van der Waals surface area contributed by atoms with Crippen molar-refractivity contribution in [2.75, 3.05) is 5.32 Å². The molecule has 2 aromatic rings. The summed E-state index contributed by atoms with van der Waals surface area (Å²) in [5.74, 6) is -0.457. The van der Waals surface area contributed by atoms with Gasteiger partial charge in [-0.3, -0.25) is 4.57 Å². The van der Waals surface area contributed by atoms with Gasteiger partial charge in [-0.05, 0) is 12.1 Å².